The van der Waals surface area contributed by atoms with Gasteiger partial charge in [-0.05, 0) is 0 Å². The molecular formula is KO4SSn+3. The molecule has 0 aromatic heterocycles. The number of hydrogen-bond donors (Lipinski definition) is 0. The Morgan fingerprint density at radius 3 is 1.14 bits per heavy atom. The first kappa shape index (κ1) is 16.1. The van der Waals surface area contributed by atoms with Gasteiger partial charge in [-0.3, -0.25) is 8.42 Å². The van der Waals surface area contributed by atoms with Crippen LogP contribution in [0.1, 0.15) is 0 Å². The molecule has 0 aliphatic heterocycles. The number of hydrogen-bond acceptors (Lipinski definition) is 4. The minimum absolute atomic E-state index is 0. The molecule has 0 spiro atoms. The van der Waals surface area contributed by atoms with Crippen LogP contribution in [0.2, 0.25) is 0 Å². The third-order valence-electron chi connectivity index (χ3n) is 0. The van der Waals surface area contributed by atoms with Crippen LogP contribution in [0.3, 0.4) is 0 Å². The molecule has 7 heavy (non-hydrogen) atoms. The average Bonchev–Trinajstić information content (AvgIpc) is 0.722. The molecule has 7 heteroatoms. The van der Waals surface area contributed by atoms with Crippen molar-refractivity contribution in [1.29, 1.82) is 0 Å². The Kier molecular flexibility index (Phi) is 14.8. The van der Waals surface area contributed by atoms with E-state index in [0.29, 0.717) is 0 Å². The van der Waals surface area contributed by atoms with Gasteiger partial charge in [-0.2, -0.15) is 0 Å². The van der Waals surface area contributed by atoms with Crippen LogP contribution in [-0.4, -0.2) is 41.4 Å². The van der Waals surface area contributed by atoms with E-state index in [9.17, 15) is 0 Å². The Hall–Kier alpha value is 2.31. The molecule has 0 aromatic carbocycles. The molecule has 32 valence electrons. The zero-order chi connectivity index (χ0) is 4.50. The van der Waals surface area contributed by atoms with Gasteiger partial charge in [-0.25, -0.2) is 0 Å². The van der Waals surface area contributed by atoms with Crippen LogP contribution in [-0.2, 0) is 10.4 Å². The van der Waals surface area contributed by atoms with Crippen LogP contribution < -0.4 is 51.4 Å². The van der Waals surface area contributed by atoms with Gasteiger partial charge in [0.15, 0.2) is 0 Å². The molecule has 0 aliphatic rings. The Morgan fingerprint density at radius 1 is 1.14 bits per heavy atom. The monoisotopic (exact) mass is 255 g/mol. The standard InChI is InChI=1S/K.H2O4S.Sn/c;1-5(2,3)4;/h;(H2,1,2,3,4);/q+1;;+4/p-2. The second kappa shape index (κ2) is 6.43. The summed E-state index contributed by atoms with van der Waals surface area (Å²) < 4.78 is 34.1. The summed E-state index contributed by atoms with van der Waals surface area (Å²) in [5.74, 6) is 0. The van der Waals surface area contributed by atoms with Gasteiger partial charge in [0.25, 0.3) is 0 Å². The van der Waals surface area contributed by atoms with E-state index < -0.39 is 10.4 Å². The molecule has 0 aromatic rings. The van der Waals surface area contributed by atoms with Crippen molar-refractivity contribution in [3.05, 3.63) is 0 Å². The van der Waals surface area contributed by atoms with Crippen LogP contribution in [0.15, 0.2) is 0 Å². The summed E-state index contributed by atoms with van der Waals surface area (Å²) in [6.07, 6.45) is 0. The smallest absolute Gasteiger partial charge is 0.759 e. The predicted molar refractivity (Wildman–Crippen MR) is 16.2 cm³/mol. The molecular weight excluding hydrogens is 254 g/mol. The van der Waals surface area contributed by atoms with E-state index in [-0.39, 0.29) is 75.3 Å². The predicted octanol–water partition coefficient (Wildman–Crippen LogP) is -4.71. The summed E-state index contributed by atoms with van der Waals surface area (Å²) in [4.78, 5) is 0. The quantitative estimate of drug-likeness (QED) is 0.247. The zero-order valence-electron chi connectivity index (χ0n) is 3.54. The largest absolute Gasteiger partial charge is 4.00 e. The molecule has 0 radical (unpaired) electrons. The van der Waals surface area contributed by atoms with Crippen LogP contribution in [0, 0.1) is 0 Å². The molecule has 0 unspecified atom stereocenters. The molecule has 0 saturated carbocycles. The maximum atomic E-state index is 8.52. The fourth-order valence-corrected chi connectivity index (χ4v) is 0. The van der Waals surface area contributed by atoms with Crippen LogP contribution in [0.25, 0.3) is 0 Å². The van der Waals surface area contributed by atoms with Gasteiger partial charge >= 0.3 is 75.3 Å². The van der Waals surface area contributed by atoms with Crippen LogP contribution in [0.5, 0.6) is 0 Å². The molecule has 0 fully saturated rings. The Balaban J connectivity index is -0.0000000800. The Labute approximate surface area is 101 Å². The van der Waals surface area contributed by atoms with Gasteiger partial charge in [0, 0.05) is 10.4 Å². The van der Waals surface area contributed by atoms with Crippen molar-refractivity contribution in [3.8, 4) is 0 Å². The van der Waals surface area contributed by atoms with E-state index in [1.165, 1.54) is 0 Å². The van der Waals surface area contributed by atoms with Gasteiger partial charge in [0.2, 0.25) is 0 Å². The van der Waals surface area contributed by atoms with Gasteiger partial charge < -0.3 is 9.11 Å². The van der Waals surface area contributed by atoms with Crippen molar-refractivity contribution in [2.75, 3.05) is 0 Å². The third kappa shape index (κ3) is 62.1. The SMILES string of the molecule is O=S(=O)([O-])[O-].[K+].[Sn+4]. The molecule has 0 atom stereocenters. The van der Waals surface area contributed by atoms with Crippen molar-refractivity contribution in [2.45, 2.75) is 0 Å². The van der Waals surface area contributed by atoms with Gasteiger partial charge in [-0.15, -0.1) is 0 Å². The molecule has 0 saturated heterocycles. The Morgan fingerprint density at radius 2 is 1.14 bits per heavy atom. The van der Waals surface area contributed by atoms with E-state index >= 15 is 0 Å². The van der Waals surface area contributed by atoms with E-state index in [1.54, 1.807) is 0 Å². The van der Waals surface area contributed by atoms with Crippen molar-refractivity contribution in [2.24, 2.45) is 0 Å². The van der Waals surface area contributed by atoms with Crippen molar-refractivity contribution >= 4 is 34.3 Å². The van der Waals surface area contributed by atoms with Gasteiger partial charge in [-0.1, -0.05) is 0 Å². The molecule has 0 N–H and O–H groups in total. The Bertz CT molecular complexity index is 94.9. The summed E-state index contributed by atoms with van der Waals surface area (Å²) in [7, 11) is -5.17. The molecule has 0 heterocycles. The fraction of sp³-hybridized carbons (Fsp3) is 0. The fourth-order valence-electron chi connectivity index (χ4n) is 0. The average molecular weight is 254 g/mol. The summed E-state index contributed by atoms with van der Waals surface area (Å²) in [6, 6.07) is 0. The van der Waals surface area contributed by atoms with Crippen LogP contribution >= 0.6 is 0 Å². The molecule has 0 rings (SSSR count). The van der Waals surface area contributed by atoms with E-state index in [2.05, 4.69) is 0 Å². The van der Waals surface area contributed by atoms with E-state index in [4.69, 9.17) is 17.5 Å². The zero-order valence-corrected chi connectivity index (χ0v) is 10.3. The summed E-state index contributed by atoms with van der Waals surface area (Å²) in [5.41, 5.74) is 0. The molecule has 0 bridgehead atoms. The minimum atomic E-state index is -5.17. The first-order chi connectivity index (χ1) is 2.00. The van der Waals surface area contributed by atoms with E-state index in [1.807, 2.05) is 0 Å². The topological polar surface area (TPSA) is 80.3 Å². The van der Waals surface area contributed by atoms with Gasteiger partial charge in [0.05, 0.1) is 0 Å². The van der Waals surface area contributed by atoms with Gasteiger partial charge in [0.1, 0.15) is 0 Å². The second-order valence-electron chi connectivity index (χ2n) is 0.408. The van der Waals surface area contributed by atoms with Crippen molar-refractivity contribution < 1.29 is 68.9 Å². The third-order valence-corrected chi connectivity index (χ3v) is 0. The first-order valence-electron chi connectivity index (χ1n) is 0.667. The maximum Gasteiger partial charge on any atom is 4.00 e. The number of rotatable bonds is 0. The van der Waals surface area contributed by atoms with Crippen LogP contribution in [0.4, 0.5) is 0 Å². The summed E-state index contributed by atoms with van der Waals surface area (Å²) >= 11 is 0. The molecule has 0 aliphatic carbocycles. The van der Waals surface area contributed by atoms with E-state index in [0.717, 1.165) is 0 Å². The molecule has 0 amide bonds. The minimum Gasteiger partial charge on any atom is -0.759 e. The second-order valence-corrected chi connectivity index (χ2v) is 1.22. The maximum absolute atomic E-state index is 8.52. The van der Waals surface area contributed by atoms with Crippen molar-refractivity contribution in [1.82, 2.24) is 0 Å². The normalized spacial score (nSPS) is 8.29. The first-order valence-corrected chi connectivity index (χ1v) is 2.00. The summed E-state index contributed by atoms with van der Waals surface area (Å²) in [5, 5.41) is 0. The molecule has 4 nitrogen and oxygen atoms in total. The van der Waals surface area contributed by atoms with Crippen molar-refractivity contribution in [3.63, 3.8) is 0 Å². The summed E-state index contributed by atoms with van der Waals surface area (Å²) in [6.45, 7) is 0.